The van der Waals surface area contributed by atoms with E-state index in [0.29, 0.717) is 13.0 Å². The molecule has 7 heteroatoms. The molecule has 2 N–H and O–H groups in total. The van der Waals surface area contributed by atoms with Crippen molar-refractivity contribution in [2.24, 2.45) is 5.10 Å². The third-order valence-corrected chi connectivity index (χ3v) is 5.16. The van der Waals surface area contributed by atoms with E-state index >= 15 is 0 Å². The van der Waals surface area contributed by atoms with Crippen LogP contribution in [0.4, 0.5) is 0 Å². The van der Waals surface area contributed by atoms with Gasteiger partial charge in [0.25, 0.3) is 0 Å². The van der Waals surface area contributed by atoms with Crippen LogP contribution in [-0.2, 0) is 16.0 Å². The smallest absolute Gasteiger partial charge is 0.329 e. The molecule has 0 radical (unpaired) electrons. The highest BCUT2D eigenvalue weighted by atomic mass is 16.5. The molecule has 1 heterocycles. The van der Waals surface area contributed by atoms with Crippen molar-refractivity contribution >= 4 is 18.0 Å². The van der Waals surface area contributed by atoms with Crippen LogP contribution in [0.2, 0.25) is 0 Å². The molecular weight excluding hydrogens is 404 g/mol. The lowest BCUT2D eigenvalue weighted by Gasteiger charge is -2.14. The van der Waals surface area contributed by atoms with Crippen molar-refractivity contribution in [3.05, 3.63) is 82.7 Å². The highest BCUT2D eigenvalue weighted by molar-refractivity contribution is 6.35. The lowest BCUT2D eigenvalue weighted by molar-refractivity contribution is -0.139. The minimum absolute atomic E-state index is 0.374. The second kappa shape index (κ2) is 10.4. The van der Waals surface area contributed by atoms with E-state index in [1.165, 1.54) is 6.21 Å². The van der Waals surface area contributed by atoms with Crippen LogP contribution in [0, 0.1) is 20.8 Å². The number of carbonyl (C=O) groups is 2. The molecule has 2 aromatic carbocycles. The number of amides is 2. The molecule has 0 aliphatic heterocycles. The van der Waals surface area contributed by atoms with Gasteiger partial charge in [0.2, 0.25) is 0 Å². The molecule has 0 atom stereocenters. The number of carbonyl (C=O) groups excluding carboxylic acids is 2. The first kappa shape index (κ1) is 22.8. The molecule has 0 saturated carbocycles. The number of hydrazone groups is 1. The molecule has 0 spiro atoms. The number of methoxy groups -OCH3 is 1. The Morgan fingerprint density at radius 1 is 1.03 bits per heavy atom. The second-order valence-electron chi connectivity index (χ2n) is 7.53. The molecule has 7 nitrogen and oxygen atoms in total. The number of nitrogens with zero attached hydrogens (tertiary/aromatic N) is 2. The SMILES string of the molecule is COc1ccc(C)cc1-n1c(C)cc(/C=N\NC(=O)C(=O)NCCc2ccccc2)c1C. The lowest BCUT2D eigenvalue weighted by Crippen LogP contribution is -2.38. The number of rotatable bonds is 7. The Labute approximate surface area is 188 Å². The summed E-state index contributed by atoms with van der Waals surface area (Å²) >= 11 is 0. The number of hydrogen-bond donors (Lipinski definition) is 2. The number of aryl methyl sites for hydroxylation is 2. The topological polar surface area (TPSA) is 84.7 Å². The predicted molar refractivity (Wildman–Crippen MR) is 125 cm³/mol. The fourth-order valence-electron chi connectivity index (χ4n) is 3.52. The van der Waals surface area contributed by atoms with Gasteiger partial charge in [-0.1, -0.05) is 36.4 Å². The maximum Gasteiger partial charge on any atom is 0.329 e. The third-order valence-electron chi connectivity index (χ3n) is 5.16. The van der Waals surface area contributed by atoms with Crippen LogP contribution in [0.5, 0.6) is 5.75 Å². The molecule has 0 unspecified atom stereocenters. The molecule has 3 aromatic rings. The van der Waals surface area contributed by atoms with Gasteiger partial charge in [0.15, 0.2) is 0 Å². The molecule has 0 bridgehead atoms. The normalized spacial score (nSPS) is 10.9. The molecule has 0 saturated heterocycles. The zero-order valence-corrected chi connectivity index (χ0v) is 18.8. The van der Waals surface area contributed by atoms with Crippen LogP contribution in [0.15, 0.2) is 59.7 Å². The van der Waals surface area contributed by atoms with E-state index in [4.69, 9.17) is 4.74 Å². The number of nitrogens with one attached hydrogen (secondary N) is 2. The lowest BCUT2D eigenvalue weighted by atomic mass is 10.1. The van der Waals surface area contributed by atoms with Crippen LogP contribution in [-0.4, -0.2) is 36.3 Å². The van der Waals surface area contributed by atoms with Gasteiger partial charge in [-0.15, -0.1) is 0 Å². The second-order valence-corrected chi connectivity index (χ2v) is 7.53. The van der Waals surface area contributed by atoms with Gasteiger partial charge in [-0.05, 0) is 56.5 Å². The fraction of sp³-hybridized carbons (Fsp3) is 0.240. The molecule has 0 aliphatic carbocycles. The van der Waals surface area contributed by atoms with Gasteiger partial charge < -0.3 is 14.6 Å². The Hall–Kier alpha value is -3.87. The van der Waals surface area contributed by atoms with Gasteiger partial charge >= 0.3 is 11.8 Å². The highest BCUT2D eigenvalue weighted by Gasteiger charge is 2.15. The van der Waals surface area contributed by atoms with E-state index in [9.17, 15) is 9.59 Å². The van der Waals surface area contributed by atoms with Crippen molar-refractivity contribution in [1.29, 1.82) is 0 Å². The first-order valence-electron chi connectivity index (χ1n) is 10.4. The standard InChI is InChI=1S/C25H28N4O3/c1-17-10-11-23(32-4)22(14-17)29-18(2)15-21(19(29)3)16-27-28-25(31)24(30)26-13-12-20-8-6-5-7-9-20/h5-11,14-16H,12-13H2,1-4H3,(H,26,30)(H,28,31)/b27-16-. The quantitative estimate of drug-likeness (QED) is 0.342. The summed E-state index contributed by atoms with van der Waals surface area (Å²) in [6.07, 6.45) is 2.19. The Balaban J connectivity index is 1.62. The van der Waals surface area contributed by atoms with E-state index in [2.05, 4.69) is 26.5 Å². The molecule has 0 fully saturated rings. The molecule has 166 valence electrons. The fourth-order valence-corrected chi connectivity index (χ4v) is 3.52. The van der Waals surface area contributed by atoms with Crippen molar-refractivity contribution in [2.75, 3.05) is 13.7 Å². The van der Waals surface area contributed by atoms with E-state index in [0.717, 1.165) is 39.5 Å². The van der Waals surface area contributed by atoms with Crippen LogP contribution in [0.1, 0.15) is 28.1 Å². The first-order chi connectivity index (χ1) is 15.4. The van der Waals surface area contributed by atoms with Crippen LogP contribution in [0.3, 0.4) is 0 Å². The molecule has 2 amide bonds. The summed E-state index contributed by atoms with van der Waals surface area (Å²) < 4.78 is 7.59. The Morgan fingerprint density at radius 2 is 1.78 bits per heavy atom. The van der Waals surface area contributed by atoms with Crippen molar-refractivity contribution in [2.45, 2.75) is 27.2 Å². The number of benzene rings is 2. The Bertz CT molecular complexity index is 1130. The summed E-state index contributed by atoms with van der Waals surface area (Å²) in [4.78, 5) is 24.0. The van der Waals surface area contributed by atoms with E-state index in [1.807, 2.05) is 69.3 Å². The first-order valence-corrected chi connectivity index (χ1v) is 10.4. The molecular formula is C25H28N4O3. The molecule has 0 aliphatic rings. The van der Waals surface area contributed by atoms with Gasteiger partial charge in [-0.3, -0.25) is 9.59 Å². The van der Waals surface area contributed by atoms with E-state index in [-0.39, 0.29) is 0 Å². The summed E-state index contributed by atoms with van der Waals surface area (Å²) in [6, 6.07) is 17.7. The highest BCUT2D eigenvalue weighted by Crippen LogP contribution is 2.28. The van der Waals surface area contributed by atoms with Crippen molar-refractivity contribution < 1.29 is 14.3 Å². The third kappa shape index (κ3) is 5.43. The maximum atomic E-state index is 12.0. The minimum atomic E-state index is -0.802. The van der Waals surface area contributed by atoms with Crippen molar-refractivity contribution in [1.82, 2.24) is 15.3 Å². The number of aromatic nitrogens is 1. The number of ether oxygens (including phenoxy) is 1. The largest absolute Gasteiger partial charge is 0.495 e. The summed E-state index contributed by atoms with van der Waals surface area (Å²) in [6.45, 7) is 6.36. The van der Waals surface area contributed by atoms with Gasteiger partial charge in [0.05, 0.1) is 19.0 Å². The van der Waals surface area contributed by atoms with Gasteiger partial charge in [0.1, 0.15) is 5.75 Å². The molecule has 1 aromatic heterocycles. The predicted octanol–water partition coefficient (Wildman–Crippen LogP) is 3.22. The Morgan fingerprint density at radius 3 is 2.50 bits per heavy atom. The van der Waals surface area contributed by atoms with E-state index in [1.54, 1.807) is 7.11 Å². The van der Waals surface area contributed by atoms with Crippen LogP contribution >= 0.6 is 0 Å². The summed E-state index contributed by atoms with van der Waals surface area (Å²) in [5, 5.41) is 6.57. The molecule has 3 rings (SSSR count). The molecule has 32 heavy (non-hydrogen) atoms. The Kier molecular flexibility index (Phi) is 7.44. The van der Waals surface area contributed by atoms with Crippen LogP contribution in [0.25, 0.3) is 5.69 Å². The van der Waals surface area contributed by atoms with Crippen LogP contribution < -0.4 is 15.5 Å². The van der Waals surface area contributed by atoms with Crippen molar-refractivity contribution in [3.63, 3.8) is 0 Å². The van der Waals surface area contributed by atoms with E-state index < -0.39 is 11.8 Å². The van der Waals surface area contributed by atoms with Gasteiger partial charge in [-0.2, -0.15) is 5.10 Å². The zero-order valence-electron chi connectivity index (χ0n) is 18.8. The zero-order chi connectivity index (χ0) is 23.1. The minimum Gasteiger partial charge on any atom is -0.495 e. The van der Waals surface area contributed by atoms with Crippen molar-refractivity contribution in [3.8, 4) is 11.4 Å². The maximum absolute atomic E-state index is 12.0. The average molecular weight is 433 g/mol. The van der Waals surface area contributed by atoms with Gasteiger partial charge in [-0.25, -0.2) is 5.43 Å². The summed E-state index contributed by atoms with van der Waals surface area (Å²) in [5.41, 5.74) is 8.20. The summed E-state index contributed by atoms with van der Waals surface area (Å²) in [5.74, 6) is -0.752. The monoisotopic (exact) mass is 432 g/mol. The van der Waals surface area contributed by atoms with Gasteiger partial charge in [0, 0.05) is 23.5 Å². The number of hydrogen-bond acceptors (Lipinski definition) is 4. The summed E-state index contributed by atoms with van der Waals surface area (Å²) in [7, 11) is 1.64. The average Bonchev–Trinajstić information content (AvgIpc) is 3.07.